The van der Waals surface area contributed by atoms with E-state index in [1.165, 1.54) is 0 Å². The Hall–Kier alpha value is -0.600. The van der Waals surface area contributed by atoms with E-state index in [2.05, 4.69) is 4.74 Å². The van der Waals surface area contributed by atoms with Crippen LogP contribution in [-0.4, -0.2) is 68.1 Å². The van der Waals surface area contributed by atoms with Crippen LogP contribution in [0, 0.1) is 10.8 Å². The van der Waals surface area contributed by atoms with E-state index >= 15 is 0 Å². The maximum absolute atomic E-state index is 11.1. The van der Waals surface area contributed by atoms with Crippen molar-refractivity contribution in [1.29, 1.82) is 0 Å². The zero-order chi connectivity index (χ0) is 21.8. The largest absolute Gasteiger partial charge is 0.481 e. The fourth-order valence-corrected chi connectivity index (χ4v) is 0.525. The molecule has 0 unspecified atom stereocenters. The molecule has 0 aromatic rings. The van der Waals surface area contributed by atoms with Crippen LogP contribution in [-0.2, 0) is 23.8 Å². The molecule has 7 nitrogen and oxygen atoms in total. The highest BCUT2D eigenvalue weighted by Gasteiger charge is 2.22. The van der Waals surface area contributed by atoms with Crippen LogP contribution < -0.4 is 0 Å². The Morgan fingerprint density at radius 2 is 1.07 bits per heavy atom. The molecule has 0 aliphatic heterocycles. The van der Waals surface area contributed by atoms with Crippen molar-refractivity contribution < 1.29 is 34.0 Å². The lowest BCUT2D eigenvalue weighted by atomic mass is 9.97. The first-order chi connectivity index (χ1) is 11.8. The molecule has 0 spiro atoms. The fourth-order valence-electron chi connectivity index (χ4n) is 0.525. The summed E-state index contributed by atoms with van der Waals surface area (Å²) in [6.07, 6.45) is 0. The first kappa shape index (κ1) is 51.8. The van der Waals surface area contributed by atoms with Gasteiger partial charge < -0.3 is 24.4 Å². The monoisotopic (exact) mass is 486 g/mol. The Bertz CT molecular complexity index is 324. The second-order valence-electron chi connectivity index (χ2n) is 6.75. The molecule has 9 heteroatoms. The van der Waals surface area contributed by atoms with Crippen molar-refractivity contribution in [3.8, 4) is 0 Å². The summed E-state index contributed by atoms with van der Waals surface area (Å²) >= 11 is 9.53. The summed E-state index contributed by atoms with van der Waals surface area (Å²) in [5.41, 5.74) is -0.992. The van der Waals surface area contributed by atoms with E-state index in [4.69, 9.17) is 42.9 Å². The SMILES string of the molecule is C.C.C.C.CC(C)(C)C(=O)O.COCCO.COCCOC(=O)C(C)(C)C.ClCCl. The van der Waals surface area contributed by atoms with E-state index in [0.717, 1.165) is 0 Å². The normalized spacial score (nSPS) is 8.77. The molecule has 0 radical (unpaired) electrons. The van der Waals surface area contributed by atoms with Crippen molar-refractivity contribution in [2.75, 3.05) is 46.0 Å². The predicted octanol–water partition coefficient (Wildman–Crippen LogP) is 5.93. The number of carbonyl (C=O) groups is 2. The van der Waals surface area contributed by atoms with Gasteiger partial charge in [-0.25, -0.2) is 0 Å². The Kier molecular flexibility index (Phi) is 57.0. The molecule has 0 rings (SSSR count). The van der Waals surface area contributed by atoms with Gasteiger partial charge in [-0.3, -0.25) is 9.59 Å². The van der Waals surface area contributed by atoms with Crippen LogP contribution in [0.15, 0.2) is 0 Å². The van der Waals surface area contributed by atoms with E-state index in [1.54, 1.807) is 35.0 Å². The number of halogens is 2. The molecule has 0 saturated carbocycles. The predicted molar refractivity (Wildman–Crippen MR) is 132 cm³/mol. The zero-order valence-electron chi connectivity index (χ0n) is 17.2. The minimum absolute atomic E-state index is 0. The molecule has 0 heterocycles. The standard InChI is InChI=1S/C8H16O3.C5H10O2.C3H8O2.CH2Cl2.4CH4/c1-8(2,3)7(9)11-6-5-10-4;1-5(2,3)4(6)7;1-5-3-2-4;2-1-3;;;;/h5-6H2,1-4H3;1-3H3,(H,6,7);4H,2-3H2,1H3;1H2;4*1H4. The van der Waals surface area contributed by atoms with E-state index in [-0.39, 0.29) is 47.6 Å². The number of rotatable bonds is 5. The minimum Gasteiger partial charge on any atom is -0.481 e. The maximum Gasteiger partial charge on any atom is 0.311 e. The van der Waals surface area contributed by atoms with Crippen molar-refractivity contribution in [2.45, 2.75) is 71.2 Å². The van der Waals surface area contributed by atoms with E-state index in [9.17, 15) is 9.59 Å². The van der Waals surface area contributed by atoms with Gasteiger partial charge in [0.15, 0.2) is 0 Å². The second-order valence-corrected chi connectivity index (χ2v) is 7.56. The van der Waals surface area contributed by atoms with E-state index in [0.29, 0.717) is 19.8 Å². The van der Waals surface area contributed by atoms with E-state index < -0.39 is 16.8 Å². The molecule has 30 heavy (non-hydrogen) atoms. The van der Waals surface area contributed by atoms with Gasteiger partial charge in [0.2, 0.25) is 0 Å². The van der Waals surface area contributed by atoms with Gasteiger partial charge in [-0.2, -0.15) is 0 Å². The average molecular weight is 488 g/mol. The molecule has 0 aliphatic rings. The van der Waals surface area contributed by atoms with Gasteiger partial charge in [0.25, 0.3) is 0 Å². The Labute approximate surface area is 197 Å². The van der Waals surface area contributed by atoms with Gasteiger partial charge in [-0.1, -0.05) is 29.7 Å². The van der Waals surface area contributed by atoms with Gasteiger partial charge in [0.1, 0.15) is 6.61 Å². The number of esters is 1. The summed E-state index contributed by atoms with van der Waals surface area (Å²) in [5.74, 6) is -0.943. The zero-order valence-corrected chi connectivity index (χ0v) is 18.7. The maximum atomic E-state index is 11.1. The van der Waals surface area contributed by atoms with Crippen LogP contribution in [0.4, 0.5) is 0 Å². The van der Waals surface area contributed by atoms with Crippen LogP contribution in [0.25, 0.3) is 0 Å². The molecule has 0 atom stereocenters. The minimum atomic E-state index is -0.757. The van der Waals surface area contributed by atoms with Gasteiger partial charge in [-0.05, 0) is 41.5 Å². The number of ether oxygens (including phenoxy) is 3. The van der Waals surface area contributed by atoms with Crippen molar-refractivity contribution in [2.24, 2.45) is 10.8 Å². The van der Waals surface area contributed by atoms with Crippen molar-refractivity contribution in [1.82, 2.24) is 0 Å². The Morgan fingerprint density at radius 3 is 1.20 bits per heavy atom. The highest BCUT2D eigenvalue weighted by Crippen LogP contribution is 2.14. The summed E-state index contributed by atoms with van der Waals surface area (Å²) in [6, 6.07) is 0. The van der Waals surface area contributed by atoms with E-state index in [1.807, 2.05) is 20.8 Å². The number of aliphatic carboxylic acids is 1. The van der Waals surface area contributed by atoms with Gasteiger partial charge >= 0.3 is 11.9 Å². The van der Waals surface area contributed by atoms with Gasteiger partial charge in [0.05, 0.1) is 36.0 Å². The molecular formula is C21H52Cl2O7. The fraction of sp³-hybridized carbons (Fsp3) is 0.905. The van der Waals surface area contributed by atoms with Crippen LogP contribution in [0.5, 0.6) is 0 Å². The second kappa shape index (κ2) is 33.0. The summed E-state index contributed by atoms with van der Waals surface area (Å²) in [7, 11) is 3.13. The van der Waals surface area contributed by atoms with Crippen LogP contribution in [0.3, 0.4) is 0 Å². The number of aliphatic hydroxyl groups excluding tert-OH is 1. The third-order valence-electron chi connectivity index (χ3n) is 2.07. The highest BCUT2D eigenvalue weighted by atomic mass is 35.5. The molecule has 0 amide bonds. The Morgan fingerprint density at radius 1 is 0.767 bits per heavy atom. The topological polar surface area (TPSA) is 102 Å². The summed E-state index contributed by atoms with van der Waals surface area (Å²) < 4.78 is 14.1. The van der Waals surface area contributed by atoms with Crippen LogP contribution >= 0.6 is 23.2 Å². The summed E-state index contributed by atoms with van der Waals surface area (Å²) in [4.78, 5) is 21.1. The quantitative estimate of drug-likeness (QED) is 0.281. The molecule has 0 saturated heterocycles. The first-order valence-corrected chi connectivity index (χ1v) is 8.94. The van der Waals surface area contributed by atoms with Crippen molar-refractivity contribution in [3.63, 3.8) is 0 Å². The van der Waals surface area contributed by atoms with Crippen molar-refractivity contribution in [3.05, 3.63) is 0 Å². The molecule has 2 N–H and O–H groups in total. The van der Waals surface area contributed by atoms with Gasteiger partial charge in [-0.15, -0.1) is 23.2 Å². The third-order valence-corrected chi connectivity index (χ3v) is 2.07. The molecule has 0 fully saturated rings. The molecule has 0 aliphatic carbocycles. The molecule has 0 aromatic heterocycles. The highest BCUT2D eigenvalue weighted by molar-refractivity contribution is 6.40. The number of hydrogen-bond donors (Lipinski definition) is 2. The smallest absolute Gasteiger partial charge is 0.311 e. The number of aliphatic hydroxyl groups is 1. The lowest BCUT2D eigenvalue weighted by Gasteiger charge is -2.15. The lowest BCUT2D eigenvalue weighted by molar-refractivity contribution is -0.154. The summed E-state index contributed by atoms with van der Waals surface area (Å²) in [5, 5.41) is 16.4. The molecule has 192 valence electrons. The number of alkyl halides is 2. The molecule has 0 bridgehead atoms. The third kappa shape index (κ3) is 56.4. The molecular weight excluding hydrogens is 435 g/mol. The van der Waals surface area contributed by atoms with Crippen LogP contribution in [0.2, 0.25) is 0 Å². The molecule has 0 aromatic carbocycles. The van der Waals surface area contributed by atoms with Gasteiger partial charge in [0, 0.05) is 14.2 Å². The number of methoxy groups -OCH3 is 2. The van der Waals surface area contributed by atoms with Crippen molar-refractivity contribution >= 4 is 35.1 Å². The first-order valence-electron chi connectivity index (χ1n) is 7.87. The number of carboxylic acids is 1. The average Bonchev–Trinajstić information content (AvgIpc) is 2.48. The Balaban J connectivity index is -0.0000000374. The van der Waals surface area contributed by atoms with Crippen LogP contribution in [0.1, 0.15) is 71.2 Å². The lowest BCUT2D eigenvalue weighted by Crippen LogP contribution is -2.24. The summed E-state index contributed by atoms with van der Waals surface area (Å²) in [6.45, 7) is 11.8. The number of hydrogen-bond acceptors (Lipinski definition) is 6. The number of carbonyl (C=O) groups excluding carboxylic acids is 1. The number of carboxylic acid groups (broad SMARTS) is 1.